The zero-order chi connectivity index (χ0) is 12.4. The highest BCUT2D eigenvalue weighted by Crippen LogP contribution is 2.80. The third-order valence-electron chi connectivity index (χ3n) is 5.38. The number of nitrogens with one attached hydrogen (secondary N) is 1. The van der Waals surface area contributed by atoms with Crippen LogP contribution >= 0.6 is 11.8 Å². The Hall–Kier alpha value is -0.220. The van der Waals surface area contributed by atoms with Gasteiger partial charge in [-0.15, -0.1) is 11.8 Å². The molecule has 1 heterocycles. The molecule has 3 fully saturated rings. The number of rotatable bonds is 2. The van der Waals surface area contributed by atoms with Crippen LogP contribution in [0.3, 0.4) is 0 Å². The first kappa shape index (κ1) is 11.8. The number of carbonyl (C=O) groups is 1. The Labute approximate surface area is 107 Å². The van der Waals surface area contributed by atoms with E-state index in [2.05, 4.69) is 26.1 Å². The standard InChI is InChI=1S/C13H21NO2S/c1-7(2)12-5-4-8(3)10(12)13(12)14-9(6-17-13)11(15)16/h7-10,14H,4-6H2,1-3H3,(H,15,16). The lowest BCUT2D eigenvalue weighted by molar-refractivity contribution is -0.138. The molecular formula is C13H21NO2S. The van der Waals surface area contributed by atoms with Crippen LogP contribution in [-0.2, 0) is 4.79 Å². The molecule has 3 rings (SSSR count). The second-order valence-corrected chi connectivity index (χ2v) is 7.54. The molecule has 2 N–H and O–H groups in total. The molecule has 0 radical (unpaired) electrons. The Morgan fingerprint density at radius 3 is 2.71 bits per heavy atom. The van der Waals surface area contributed by atoms with Gasteiger partial charge in [0, 0.05) is 11.2 Å². The normalized spacial score (nSPS) is 52.1. The van der Waals surface area contributed by atoms with Crippen molar-refractivity contribution >= 4 is 17.7 Å². The van der Waals surface area contributed by atoms with Crippen molar-refractivity contribution in [2.75, 3.05) is 5.75 Å². The SMILES string of the molecule is CC1CCC2(C(C)C)C1C21NC(C(=O)O)CS1. The van der Waals surface area contributed by atoms with Gasteiger partial charge in [-0.1, -0.05) is 20.8 Å². The summed E-state index contributed by atoms with van der Waals surface area (Å²) in [5.74, 6) is 2.11. The topological polar surface area (TPSA) is 49.3 Å². The molecule has 3 aliphatic rings. The van der Waals surface area contributed by atoms with Gasteiger partial charge in [0.05, 0.1) is 4.87 Å². The third-order valence-corrected chi connectivity index (χ3v) is 7.09. The summed E-state index contributed by atoms with van der Waals surface area (Å²) in [6.45, 7) is 6.94. The van der Waals surface area contributed by atoms with Gasteiger partial charge in [-0.3, -0.25) is 10.1 Å². The average Bonchev–Trinajstić information content (AvgIpc) is 2.56. The quantitative estimate of drug-likeness (QED) is 0.794. The number of aliphatic carboxylic acids is 1. The van der Waals surface area contributed by atoms with E-state index in [-0.39, 0.29) is 10.9 Å². The van der Waals surface area contributed by atoms with Gasteiger partial charge < -0.3 is 5.11 Å². The van der Waals surface area contributed by atoms with E-state index < -0.39 is 5.97 Å². The third kappa shape index (κ3) is 1.21. The predicted molar refractivity (Wildman–Crippen MR) is 68.9 cm³/mol. The zero-order valence-corrected chi connectivity index (χ0v) is 11.5. The van der Waals surface area contributed by atoms with Crippen molar-refractivity contribution in [1.29, 1.82) is 0 Å². The molecule has 2 aliphatic carbocycles. The maximum absolute atomic E-state index is 11.1. The van der Waals surface area contributed by atoms with E-state index in [1.807, 2.05) is 11.8 Å². The van der Waals surface area contributed by atoms with Crippen LogP contribution in [0.2, 0.25) is 0 Å². The summed E-state index contributed by atoms with van der Waals surface area (Å²) in [5.41, 5.74) is 0.362. The highest BCUT2D eigenvalue weighted by atomic mass is 32.2. The summed E-state index contributed by atoms with van der Waals surface area (Å²) in [4.78, 5) is 11.2. The summed E-state index contributed by atoms with van der Waals surface area (Å²) >= 11 is 1.88. The molecule has 2 saturated carbocycles. The molecule has 5 unspecified atom stereocenters. The molecule has 0 aromatic carbocycles. The molecule has 0 bridgehead atoms. The second-order valence-electron chi connectivity index (χ2n) is 6.27. The smallest absolute Gasteiger partial charge is 0.321 e. The van der Waals surface area contributed by atoms with Crippen molar-refractivity contribution in [3.8, 4) is 0 Å². The van der Waals surface area contributed by atoms with Crippen LogP contribution in [-0.4, -0.2) is 27.7 Å². The molecule has 96 valence electrons. The summed E-state index contributed by atoms with van der Waals surface area (Å²) in [7, 11) is 0. The number of hydrogen-bond donors (Lipinski definition) is 2. The summed E-state index contributed by atoms with van der Waals surface area (Å²) in [6, 6.07) is -0.339. The predicted octanol–water partition coefficient (Wildman–Crippen LogP) is 2.17. The Morgan fingerprint density at radius 2 is 2.24 bits per heavy atom. The minimum atomic E-state index is -0.689. The van der Waals surface area contributed by atoms with Crippen molar-refractivity contribution < 1.29 is 9.90 Å². The van der Waals surface area contributed by atoms with Gasteiger partial charge in [0.25, 0.3) is 0 Å². The Morgan fingerprint density at radius 1 is 1.53 bits per heavy atom. The fourth-order valence-electron chi connectivity index (χ4n) is 4.66. The number of hydrogen-bond acceptors (Lipinski definition) is 3. The van der Waals surface area contributed by atoms with Gasteiger partial charge >= 0.3 is 5.97 Å². The zero-order valence-electron chi connectivity index (χ0n) is 10.7. The second kappa shape index (κ2) is 3.41. The number of carboxylic acids is 1. The van der Waals surface area contributed by atoms with Crippen molar-refractivity contribution in [2.45, 2.75) is 44.5 Å². The number of carboxylic acid groups (broad SMARTS) is 1. The maximum atomic E-state index is 11.1. The van der Waals surface area contributed by atoms with Crippen LogP contribution in [0.4, 0.5) is 0 Å². The van der Waals surface area contributed by atoms with Crippen LogP contribution in [0.15, 0.2) is 0 Å². The maximum Gasteiger partial charge on any atom is 0.321 e. The van der Waals surface area contributed by atoms with E-state index in [1.54, 1.807) is 0 Å². The van der Waals surface area contributed by atoms with Crippen molar-refractivity contribution in [2.24, 2.45) is 23.2 Å². The fourth-order valence-corrected chi connectivity index (χ4v) is 6.83. The number of thioether (sulfide) groups is 1. The van der Waals surface area contributed by atoms with Crippen molar-refractivity contribution in [3.63, 3.8) is 0 Å². The molecule has 0 aromatic heterocycles. The van der Waals surface area contributed by atoms with Gasteiger partial charge in [0.15, 0.2) is 0 Å². The molecule has 3 nitrogen and oxygen atoms in total. The summed E-state index contributed by atoms with van der Waals surface area (Å²) in [5, 5.41) is 12.6. The monoisotopic (exact) mass is 255 g/mol. The molecule has 1 saturated heterocycles. The van der Waals surface area contributed by atoms with Crippen LogP contribution in [0.5, 0.6) is 0 Å². The molecule has 1 aliphatic heterocycles. The highest BCUT2D eigenvalue weighted by Gasteiger charge is 2.82. The summed E-state index contributed by atoms with van der Waals surface area (Å²) < 4.78 is 0. The van der Waals surface area contributed by atoms with E-state index in [0.717, 1.165) is 11.7 Å². The first-order chi connectivity index (χ1) is 7.95. The molecule has 17 heavy (non-hydrogen) atoms. The van der Waals surface area contributed by atoms with Crippen molar-refractivity contribution in [3.05, 3.63) is 0 Å². The van der Waals surface area contributed by atoms with Crippen molar-refractivity contribution in [1.82, 2.24) is 5.32 Å². The van der Waals surface area contributed by atoms with Gasteiger partial charge in [-0.25, -0.2) is 0 Å². The van der Waals surface area contributed by atoms with E-state index >= 15 is 0 Å². The molecule has 0 amide bonds. The van der Waals surface area contributed by atoms with E-state index in [4.69, 9.17) is 5.11 Å². The molecule has 5 atom stereocenters. The first-order valence-corrected chi connectivity index (χ1v) is 7.58. The number of fused-ring (bicyclic) bond motifs is 3. The lowest BCUT2D eigenvalue weighted by Crippen LogP contribution is -2.42. The van der Waals surface area contributed by atoms with E-state index in [9.17, 15) is 4.79 Å². The van der Waals surface area contributed by atoms with Gasteiger partial charge in [0.1, 0.15) is 6.04 Å². The molecule has 0 aromatic rings. The average molecular weight is 255 g/mol. The Kier molecular flexibility index (Phi) is 2.38. The molecular weight excluding hydrogens is 234 g/mol. The molecule has 1 spiro atoms. The largest absolute Gasteiger partial charge is 0.480 e. The van der Waals surface area contributed by atoms with E-state index in [0.29, 0.717) is 17.3 Å². The molecule has 4 heteroatoms. The van der Waals surface area contributed by atoms with Gasteiger partial charge in [0.2, 0.25) is 0 Å². The van der Waals surface area contributed by atoms with E-state index in [1.165, 1.54) is 12.8 Å². The summed E-state index contributed by atoms with van der Waals surface area (Å²) in [6.07, 6.45) is 2.58. The Balaban J connectivity index is 1.89. The lowest BCUT2D eigenvalue weighted by Gasteiger charge is -2.26. The Bertz CT molecular complexity index is 372. The van der Waals surface area contributed by atoms with Crippen LogP contribution in [0, 0.1) is 23.2 Å². The minimum Gasteiger partial charge on any atom is -0.480 e. The van der Waals surface area contributed by atoms with Gasteiger partial charge in [-0.05, 0) is 30.6 Å². The lowest BCUT2D eigenvalue weighted by atomic mass is 9.88. The fraction of sp³-hybridized carbons (Fsp3) is 0.923. The van der Waals surface area contributed by atoms with Crippen LogP contribution in [0.25, 0.3) is 0 Å². The first-order valence-electron chi connectivity index (χ1n) is 6.60. The van der Waals surface area contributed by atoms with Crippen LogP contribution < -0.4 is 5.32 Å². The highest BCUT2D eigenvalue weighted by molar-refractivity contribution is 8.01. The van der Waals surface area contributed by atoms with Crippen LogP contribution in [0.1, 0.15) is 33.6 Å². The minimum absolute atomic E-state index is 0.0852. The van der Waals surface area contributed by atoms with Gasteiger partial charge in [-0.2, -0.15) is 0 Å².